The minimum atomic E-state index is -1.57. The van der Waals surface area contributed by atoms with Crippen molar-refractivity contribution in [3.05, 3.63) is 82.9 Å². The molecule has 544 valence electrons. The summed E-state index contributed by atoms with van der Waals surface area (Å²) in [6.45, 7) is 0.837. The van der Waals surface area contributed by atoms with Crippen LogP contribution in [0.5, 0.6) is 0 Å². The normalized spacial score (nSPS) is 17.1. The smallest absolute Gasteiger partial charge is 0.326 e. The second-order valence-electron chi connectivity index (χ2n) is 25.0. The van der Waals surface area contributed by atoms with Crippen molar-refractivity contribution in [1.29, 1.82) is 0 Å². The second kappa shape index (κ2) is 43.4. The van der Waals surface area contributed by atoms with E-state index in [2.05, 4.69) is 42.5 Å². The number of benzene rings is 3. The molecule has 1 heterocycles. The molecule has 2 aliphatic rings. The Morgan fingerprint density at radius 1 is 0.444 bits per heavy atom. The first-order valence-electron chi connectivity index (χ1n) is 33.5. The number of unbranched alkanes of at least 4 members (excludes halogenated alkanes) is 2. The molecule has 1 saturated carbocycles. The van der Waals surface area contributed by atoms with E-state index < -0.39 is 109 Å². The van der Waals surface area contributed by atoms with Gasteiger partial charge in [-0.25, -0.2) is 14.4 Å². The van der Waals surface area contributed by atoms with Gasteiger partial charge in [0.1, 0.15) is 24.2 Å². The maximum atomic E-state index is 14.1. The third kappa shape index (κ3) is 32.5. The lowest BCUT2D eigenvalue weighted by Crippen LogP contribution is -2.51. The van der Waals surface area contributed by atoms with Crippen LogP contribution in [-0.2, 0) is 70.4 Å². The second-order valence-corrected chi connectivity index (χ2v) is 25.5. The van der Waals surface area contributed by atoms with Crippen molar-refractivity contribution in [1.82, 2.24) is 62.1 Å². The molecular formula is C67H95ClN12O19. The first kappa shape index (κ1) is 80.6. The fourth-order valence-corrected chi connectivity index (χ4v) is 11.8. The molecule has 5 rings (SSSR count). The highest BCUT2D eigenvalue weighted by atomic mass is 35.5. The summed E-state index contributed by atoms with van der Waals surface area (Å²) >= 11 is 6.00. The Morgan fingerprint density at radius 2 is 0.949 bits per heavy atom. The van der Waals surface area contributed by atoms with E-state index in [9.17, 15) is 87.9 Å². The van der Waals surface area contributed by atoms with Crippen LogP contribution in [0.1, 0.15) is 101 Å². The van der Waals surface area contributed by atoms with Crippen molar-refractivity contribution >= 4 is 99.7 Å². The molecule has 0 spiro atoms. The number of carboxylic acid groups (broad SMARTS) is 6. The number of hydrogen-bond donors (Lipinski definition) is 14. The van der Waals surface area contributed by atoms with E-state index in [1.165, 1.54) is 0 Å². The van der Waals surface area contributed by atoms with Gasteiger partial charge in [0.2, 0.25) is 35.4 Å². The third-order valence-corrected chi connectivity index (χ3v) is 17.5. The molecule has 4 atom stereocenters. The molecule has 0 unspecified atom stereocenters. The summed E-state index contributed by atoms with van der Waals surface area (Å²) in [4.78, 5) is 170. The Kier molecular flexibility index (Phi) is 35.3. The van der Waals surface area contributed by atoms with Crippen LogP contribution in [0.25, 0.3) is 10.8 Å². The largest absolute Gasteiger partial charge is 0.481 e. The lowest BCUT2D eigenvalue weighted by Gasteiger charge is -2.32. The van der Waals surface area contributed by atoms with E-state index in [1.807, 2.05) is 54.6 Å². The zero-order chi connectivity index (χ0) is 72.2. The zero-order valence-electron chi connectivity index (χ0n) is 55.6. The fraction of sp³-hybridized carbons (Fsp3) is 0.567. The average molecular weight is 1410 g/mol. The van der Waals surface area contributed by atoms with Crippen LogP contribution in [-0.4, -0.2) is 256 Å². The summed E-state index contributed by atoms with van der Waals surface area (Å²) in [7, 11) is 0. The Labute approximate surface area is 578 Å². The summed E-state index contributed by atoms with van der Waals surface area (Å²) < 4.78 is 0. The molecule has 1 saturated heterocycles. The predicted molar refractivity (Wildman–Crippen MR) is 361 cm³/mol. The van der Waals surface area contributed by atoms with E-state index >= 15 is 0 Å². The van der Waals surface area contributed by atoms with Crippen LogP contribution in [0.15, 0.2) is 66.7 Å². The lowest BCUT2D eigenvalue weighted by atomic mass is 9.81. The average Bonchev–Trinajstić information content (AvgIpc) is 0.864. The topological polar surface area (TPSA) is 452 Å². The number of rotatable bonds is 40. The van der Waals surface area contributed by atoms with E-state index in [4.69, 9.17) is 16.7 Å². The highest BCUT2D eigenvalue weighted by Gasteiger charge is 2.32. The summed E-state index contributed by atoms with van der Waals surface area (Å²) in [6, 6.07) is 14.4. The minimum absolute atomic E-state index is 0.0600. The van der Waals surface area contributed by atoms with Crippen LogP contribution in [0.3, 0.4) is 0 Å². The molecule has 1 aliphatic heterocycles. The SMILES string of the molecule is O=C(O)CC[C@H](NC(=O)N[C@@H](CCCCNC(=O)[C@@H](Cc1ccc2ccccc2c1)NC(=O)C1CCC(CNC(=O)[C@H](CCCCNC(=O)CN2CCN(CC(=O)O)CCN(CC(=O)O)CCN(CC(=O)O)CC2)NC(=O)CNC(=O)CCCc2ccc(Cl)cc2)CC1)C(=O)O)C(=O)O. The van der Waals surface area contributed by atoms with Gasteiger partial charge in [0.15, 0.2) is 0 Å². The highest BCUT2D eigenvalue weighted by Crippen LogP contribution is 2.29. The van der Waals surface area contributed by atoms with E-state index in [0.29, 0.717) is 56.4 Å². The molecule has 0 radical (unpaired) electrons. The number of nitrogens with one attached hydrogen (secondary N) is 8. The maximum absolute atomic E-state index is 14.1. The summed E-state index contributed by atoms with van der Waals surface area (Å²) in [6.07, 6.45) is 3.59. The Morgan fingerprint density at radius 3 is 1.49 bits per heavy atom. The molecule has 3 aromatic carbocycles. The van der Waals surface area contributed by atoms with Gasteiger partial charge >= 0.3 is 41.8 Å². The Bertz CT molecular complexity index is 3180. The van der Waals surface area contributed by atoms with Gasteiger partial charge in [-0.05, 0) is 123 Å². The van der Waals surface area contributed by atoms with Crippen molar-refractivity contribution in [2.75, 3.05) is 105 Å². The van der Waals surface area contributed by atoms with Gasteiger partial charge in [0.05, 0.1) is 32.7 Å². The molecule has 8 amide bonds. The van der Waals surface area contributed by atoms with Crippen molar-refractivity contribution in [2.45, 2.75) is 127 Å². The fourth-order valence-electron chi connectivity index (χ4n) is 11.7. The number of carbonyl (C=O) groups excluding carboxylic acids is 7. The summed E-state index contributed by atoms with van der Waals surface area (Å²) in [5, 5.41) is 80.6. The number of carbonyl (C=O) groups is 13. The van der Waals surface area contributed by atoms with Crippen molar-refractivity contribution in [3.8, 4) is 0 Å². The van der Waals surface area contributed by atoms with E-state index in [0.717, 1.165) is 21.9 Å². The number of fused-ring (bicyclic) bond motifs is 1. The lowest BCUT2D eigenvalue weighted by molar-refractivity contribution is -0.141. The first-order valence-corrected chi connectivity index (χ1v) is 33.9. The van der Waals surface area contributed by atoms with Gasteiger partial charge in [0.25, 0.3) is 0 Å². The van der Waals surface area contributed by atoms with Crippen molar-refractivity contribution in [2.24, 2.45) is 11.8 Å². The number of amides is 8. The third-order valence-electron chi connectivity index (χ3n) is 17.2. The van der Waals surface area contributed by atoms with Crippen molar-refractivity contribution < 1.29 is 93.0 Å². The van der Waals surface area contributed by atoms with Gasteiger partial charge in [0, 0.05) is 102 Å². The van der Waals surface area contributed by atoms with Crippen LogP contribution >= 0.6 is 11.6 Å². The van der Waals surface area contributed by atoms with E-state index in [-0.39, 0.29) is 160 Å². The first-order chi connectivity index (χ1) is 47.3. The summed E-state index contributed by atoms with van der Waals surface area (Å²) in [5.74, 6) is -10.6. The molecule has 99 heavy (non-hydrogen) atoms. The quantitative estimate of drug-likeness (QED) is 0.0356. The van der Waals surface area contributed by atoms with Crippen LogP contribution in [0, 0.1) is 11.8 Å². The minimum Gasteiger partial charge on any atom is -0.481 e. The van der Waals surface area contributed by atoms with Gasteiger partial charge in [-0.3, -0.25) is 67.5 Å². The Balaban J connectivity index is 1.15. The zero-order valence-corrected chi connectivity index (χ0v) is 56.4. The molecule has 32 heteroatoms. The van der Waals surface area contributed by atoms with Gasteiger partial charge in [-0.2, -0.15) is 0 Å². The number of hydrogen-bond acceptors (Lipinski definition) is 17. The molecule has 1 aliphatic carbocycles. The molecule has 0 aromatic heterocycles. The standard InChI is InChI=1S/C67H95ClN12O19/c68-50-22-17-44(18-23-50)8-7-13-55(81)71-39-56(82)73-51(11-3-5-26-69-57(83)40-77-28-30-78(41-59(86)87)32-34-80(43-61(90)91)35-33-79(31-29-77)42-60(88)89)63(93)72-38-45-14-20-48(21-15-45)62(92)74-54(37-46-16-19-47-9-1-2-10-49(47)36-46)64(94)70-27-6-4-12-52(65(95)96)75-67(99)76-53(66(97)98)24-25-58(84)85/h1-2,9-10,16-19,22-23,36,45,48,51-54H,3-8,11-15,20-21,24-35,37-43H2,(H,69,83)(H,70,94)(H,71,81)(H,72,93)(H,73,82)(H,74,92)(H,84,85)(H,86,87)(H,88,89)(H,90,91)(H,95,96)(H,97,98)(H2,75,76,99)/t45?,48?,51-,52-,53-,54+/m0/s1. The number of aliphatic carboxylic acids is 6. The molecule has 2 fully saturated rings. The number of halogens is 1. The number of urea groups is 1. The van der Waals surface area contributed by atoms with E-state index in [1.54, 1.807) is 31.7 Å². The molecular weight excluding hydrogens is 1310 g/mol. The van der Waals surface area contributed by atoms with Crippen LogP contribution in [0.4, 0.5) is 4.79 Å². The monoisotopic (exact) mass is 1410 g/mol. The molecule has 14 N–H and O–H groups in total. The van der Waals surface area contributed by atoms with Gasteiger partial charge in [-0.1, -0.05) is 66.2 Å². The highest BCUT2D eigenvalue weighted by molar-refractivity contribution is 6.30. The van der Waals surface area contributed by atoms with Gasteiger partial charge in [-0.15, -0.1) is 0 Å². The summed E-state index contributed by atoms with van der Waals surface area (Å²) in [5.41, 5.74) is 1.77. The number of nitrogens with zero attached hydrogens (tertiary/aromatic N) is 4. The Hall–Kier alpha value is -9.04. The van der Waals surface area contributed by atoms with Crippen LogP contribution in [0.2, 0.25) is 5.02 Å². The van der Waals surface area contributed by atoms with Crippen LogP contribution < -0.4 is 42.5 Å². The molecule has 0 bridgehead atoms. The maximum Gasteiger partial charge on any atom is 0.326 e. The van der Waals surface area contributed by atoms with Crippen molar-refractivity contribution in [3.63, 3.8) is 0 Å². The number of carboxylic acids is 6. The molecule has 3 aromatic rings. The van der Waals surface area contributed by atoms with Gasteiger partial charge < -0.3 is 73.2 Å². The predicted octanol–water partition coefficient (Wildman–Crippen LogP) is 1.19. The molecule has 31 nitrogen and oxygen atoms in total. The number of aryl methyl sites for hydroxylation is 1.